The summed E-state index contributed by atoms with van der Waals surface area (Å²) in [7, 11) is 0. The average Bonchev–Trinajstić information content (AvgIpc) is 3.13. The van der Waals surface area contributed by atoms with E-state index in [1.807, 2.05) is 30.0 Å². The van der Waals surface area contributed by atoms with E-state index in [9.17, 15) is 4.79 Å². The Morgan fingerprint density at radius 3 is 2.70 bits per heavy atom. The number of nitrogens with one attached hydrogen (secondary N) is 1. The molecule has 1 aliphatic heterocycles. The standard InChI is InChI=1S/C16H21NO2S/c18-16(14-9-5-11-19-14)17-13-8-3-4-10-15(13)20-12-6-1-2-7-12/h3-4,8,10,12,14H,1-2,5-7,9,11H2,(H,17,18). The Hall–Kier alpha value is -1.00. The molecule has 20 heavy (non-hydrogen) atoms. The van der Waals surface area contributed by atoms with Crippen molar-refractivity contribution < 1.29 is 9.53 Å². The van der Waals surface area contributed by atoms with Gasteiger partial charge in [-0.1, -0.05) is 25.0 Å². The van der Waals surface area contributed by atoms with Gasteiger partial charge in [0.1, 0.15) is 6.10 Å². The Balaban J connectivity index is 1.66. The monoisotopic (exact) mass is 291 g/mol. The fourth-order valence-corrected chi connectivity index (χ4v) is 4.19. The van der Waals surface area contributed by atoms with E-state index in [1.165, 1.54) is 30.6 Å². The number of para-hydroxylation sites is 1. The van der Waals surface area contributed by atoms with Gasteiger partial charge in [0.05, 0.1) is 5.69 Å². The number of carbonyl (C=O) groups excluding carboxylic acids is 1. The van der Waals surface area contributed by atoms with Crippen LogP contribution in [0.1, 0.15) is 38.5 Å². The summed E-state index contributed by atoms with van der Waals surface area (Å²) in [5, 5.41) is 3.75. The molecule has 1 N–H and O–H groups in total. The molecule has 3 rings (SSSR count). The Morgan fingerprint density at radius 2 is 1.95 bits per heavy atom. The van der Waals surface area contributed by atoms with Crippen molar-refractivity contribution in [2.45, 2.75) is 54.8 Å². The molecule has 1 saturated carbocycles. The Kier molecular flexibility index (Phi) is 4.63. The van der Waals surface area contributed by atoms with Gasteiger partial charge in [0.25, 0.3) is 5.91 Å². The van der Waals surface area contributed by atoms with Crippen LogP contribution in [0.25, 0.3) is 0 Å². The number of hydrogen-bond donors (Lipinski definition) is 1. The minimum absolute atomic E-state index is 0.00183. The Labute approximate surface area is 124 Å². The zero-order valence-electron chi connectivity index (χ0n) is 11.6. The third-order valence-electron chi connectivity index (χ3n) is 3.96. The molecule has 0 bridgehead atoms. The lowest BCUT2D eigenvalue weighted by molar-refractivity contribution is -0.124. The van der Waals surface area contributed by atoms with Gasteiger partial charge in [-0.15, -0.1) is 11.8 Å². The molecule has 0 radical (unpaired) electrons. The summed E-state index contributed by atoms with van der Waals surface area (Å²) in [6.07, 6.45) is 6.81. The van der Waals surface area contributed by atoms with Crippen molar-refractivity contribution in [2.75, 3.05) is 11.9 Å². The van der Waals surface area contributed by atoms with E-state index in [2.05, 4.69) is 11.4 Å². The van der Waals surface area contributed by atoms with Crippen molar-refractivity contribution in [1.82, 2.24) is 0 Å². The lowest BCUT2D eigenvalue weighted by Gasteiger charge is -2.15. The second kappa shape index (κ2) is 6.64. The van der Waals surface area contributed by atoms with Crippen molar-refractivity contribution in [1.29, 1.82) is 0 Å². The predicted molar refractivity (Wildman–Crippen MR) is 82.2 cm³/mol. The lowest BCUT2D eigenvalue weighted by Crippen LogP contribution is -2.27. The third-order valence-corrected chi connectivity index (χ3v) is 5.38. The molecule has 1 unspecified atom stereocenters. The minimum atomic E-state index is -0.264. The third kappa shape index (κ3) is 3.36. The summed E-state index contributed by atoms with van der Waals surface area (Å²) in [5.41, 5.74) is 0.935. The number of carbonyl (C=O) groups is 1. The molecule has 2 fully saturated rings. The summed E-state index contributed by atoms with van der Waals surface area (Å²) in [6.45, 7) is 0.705. The molecule has 1 heterocycles. The second-order valence-corrected chi connectivity index (χ2v) is 6.85. The molecule has 4 heteroatoms. The van der Waals surface area contributed by atoms with E-state index >= 15 is 0 Å². The van der Waals surface area contributed by atoms with Crippen LogP contribution in [0.15, 0.2) is 29.2 Å². The van der Waals surface area contributed by atoms with Crippen LogP contribution in [0.2, 0.25) is 0 Å². The number of amides is 1. The molecule has 3 nitrogen and oxygen atoms in total. The maximum absolute atomic E-state index is 12.2. The molecule has 108 valence electrons. The van der Waals surface area contributed by atoms with Gasteiger partial charge >= 0.3 is 0 Å². The van der Waals surface area contributed by atoms with Crippen LogP contribution in [0.3, 0.4) is 0 Å². The van der Waals surface area contributed by atoms with Crippen LogP contribution in [0.5, 0.6) is 0 Å². The first kappa shape index (κ1) is 14.0. The molecule has 0 aromatic heterocycles. The first-order chi connectivity index (χ1) is 9.83. The molecule has 0 spiro atoms. The fraction of sp³-hybridized carbons (Fsp3) is 0.562. The van der Waals surface area contributed by atoms with Crippen LogP contribution in [-0.2, 0) is 9.53 Å². The zero-order chi connectivity index (χ0) is 13.8. The van der Waals surface area contributed by atoms with E-state index < -0.39 is 0 Å². The number of hydrogen-bond acceptors (Lipinski definition) is 3. The van der Waals surface area contributed by atoms with Crippen molar-refractivity contribution in [3.05, 3.63) is 24.3 Å². The largest absolute Gasteiger partial charge is 0.368 e. The van der Waals surface area contributed by atoms with E-state index in [0.29, 0.717) is 11.9 Å². The highest BCUT2D eigenvalue weighted by molar-refractivity contribution is 8.00. The van der Waals surface area contributed by atoms with Crippen molar-refractivity contribution in [3.63, 3.8) is 0 Å². The maximum atomic E-state index is 12.2. The molecule has 1 aromatic carbocycles. The minimum Gasteiger partial charge on any atom is -0.368 e. The highest BCUT2D eigenvalue weighted by Crippen LogP contribution is 2.38. The Morgan fingerprint density at radius 1 is 1.15 bits per heavy atom. The summed E-state index contributed by atoms with van der Waals surface area (Å²) in [4.78, 5) is 13.3. The van der Waals surface area contributed by atoms with Gasteiger partial charge in [0.15, 0.2) is 0 Å². The molecule has 1 atom stereocenters. The van der Waals surface area contributed by atoms with Gasteiger partial charge in [-0.3, -0.25) is 4.79 Å². The van der Waals surface area contributed by atoms with Gasteiger partial charge in [-0.2, -0.15) is 0 Å². The number of anilines is 1. The topological polar surface area (TPSA) is 38.3 Å². The van der Waals surface area contributed by atoms with E-state index in [-0.39, 0.29) is 12.0 Å². The SMILES string of the molecule is O=C(Nc1ccccc1SC1CCCC1)C1CCCO1. The van der Waals surface area contributed by atoms with E-state index in [0.717, 1.165) is 18.5 Å². The van der Waals surface area contributed by atoms with Crippen molar-refractivity contribution in [2.24, 2.45) is 0 Å². The lowest BCUT2D eigenvalue weighted by atomic mass is 10.2. The number of thioether (sulfide) groups is 1. The van der Waals surface area contributed by atoms with Gasteiger partial charge in [0.2, 0.25) is 0 Å². The molecular formula is C16H21NO2S. The molecule has 1 aromatic rings. The average molecular weight is 291 g/mol. The van der Waals surface area contributed by atoms with Crippen LogP contribution in [-0.4, -0.2) is 23.9 Å². The fourth-order valence-electron chi connectivity index (χ4n) is 2.86. The predicted octanol–water partition coefficient (Wildman–Crippen LogP) is 3.84. The summed E-state index contributed by atoms with van der Waals surface area (Å²) in [5.74, 6) is 0.00183. The van der Waals surface area contributed by atoms with Crippen LogP contribution in [0, 0.1) is 0 Å². The molecule has 2 aliphatic rings. The van der Waals surface area contributed by atoms with E-state index in [1.54, 1.807) is 0 Å². The van der Waals surface area contributed by atoms with Crippen molar-refractivity contribution in [3.8, 4) is 0 Å². The van der Waals surface area contributed by atoms with E-state index in [4.69, 9.17) is 4.74 Å². The molecule has 1 amide bonds. The highest BCUT2D eigenvalue weighted by Gasteiger charge is 2.24. The summed E-state index contributed by atoms with van der Waals surface area (Å²) in [6, 6.07) is 8.11. The second-order valence-electron chi connectivity index (χ2n) is 5.51. The molecular weight excluding hydrogens is 270 g/mol. The molecule has 1 aliphatic carbocycles. The zero-order valence-corrected chi connectivity index (χ0v) is 12.5. The first-order valence-corrected chi connectivity index (χ1v) is 8.39. The van der Waals surface area contributed by atoms with Gasteiger partial charge in [0, 0.05) is 16.8 Å². The molecule has 1 saturated heterocycles. The Bertz CT molecular complexity index is 465. The van der Waals surface area contributed by atoms with Gasteiger partial charge in [-0.25, -0.2) is 0 Å². The summed E-state index contributed by atoms with van der Waals surface area (Å²) < 4.78 is 5.44. The van der Waals surface area contributed by atoms with Crippen LogP contribution in [0.4, 0.5) is 5.69 Å². The highest BCUT2D eigenvalue weighted by atomic mass is 32.2. The number of rotatable bonds is 4. The van der Waals surface area contributed by atoms with Crippen LogP contribution < -0.4 is 5.32 Å². The van der Waals surface area contributed by atoms with Gasteiger partial charge < -0.3 is 10.1 Å². The summed E-state index contributed by atoms with van der Waals surface area (Å²) >= 11 is 1.91. The van der Waals surface area contributed by atoms with Crippen molar-refractivity contribution >= 4 is 23.4 Å². The number of ether oxygens (including phenoxy) is 1. The smallest absolute Gasteiger partial charge is 0.253 e. The van der Waals surface area contributed by atoms with Gasteiger partial charge in [-0.05, 0) is 37.8 Å². The number of benzene rings is 1. The first-order valence-electron chi connectivity index (χ1n) is 7.51. The van der Waals surface area contributed by atoms with Crippen LogP contribution >= 0.6 is 11.8 Å². The normalized spacial score (nSPS) is 23.1. The quantitative estimate of drug-likeness (QED) is 0.916. The maximum Gasteiger partial charge on any atom is 0.253 e.